The van der Waals surface area contributed by atoms with Gasteiger partial charge >= 0.3 is 5.97 Å². The Labute approximate surface area is 115 Å². The molecule has 1 aromatic rings. The van der Waals surface area contributed by atoms with Crippen LogP contribution in [0.25, 0.3) is 0 Å². The predicted molar refractivity (Wildman–Crippen MR) is 72.6 cm³/mol. The van der Waals surface area contributed by atoms with Crippen molar-refractivity contribution in [2.75, 3.05) is 25.9 Å². The van der Waals surface area contributed by atoms with Crippen LogP contribution in [0.3, 0.4) is 0 Å². The molecule has 2 rings (SSSR count). The molecule has 7 heteroatoms. The third kappa shape index (κ3) is 3.81. The fourth-order valence-corrected chi connectivity index (χ4v) is 2.95. The number of carboxylic acid groups (broad SMARTS) is 1. The Morgan fingerprint density at radius 3 is 2.84 bits per heavy atom. The van der Waals surface area contributed by atoms with Gasteiger partial charge in [-0.1, -0.05) is 11.8 Å². The third-order valence-electron chi connectivity index (χ3n) is 3.21. The topological polar surface area (TPSA) is 75.4 Å². The molecule has 104 valence electrons. The van der Waals surface area contributed by atoms with Gasteiger partial charge in [0, 0.05) is 18.3 Å². The second-order valence-electron chi connectivity index (χ2n) is 4.67. The average molecular weight is 283 g/mol. The second kappa shape index (κ2) is 6.21. The van der Waals surface area contributed by atoms with Crippen LogP contribution in [0.2, 0.25) is 0 Å². The first-order valence-corrected chi connectivity index (χ1v) is 7.17. The standard InChI is InChI=1S/C12H17N3O3S/c1-14-5-2-9(3-6-14)15-7-4-10(16)13-12(15)19-8-11(17)18/h4,7,9H,2-3,5-6,8H2,1H3,(H,17,18). The zero-order chi connectivity index (χ0) is 13.8. The Bertz CT molecular complexity index is 509. The molecule has 0 aliphatic carbocycles. The van der Waals surface area contributed by atoms with E-state index in [1.807, 2.05) is 4.57 Å². The number of likely N-dealkylation sites (tertiary alicyclic amines) is 1. The molecule has 0 unspecified atom stereocenters. The number of hydrogen-bond acceptors (Lipinski definition) is 5. The lowest BCUT2D eigenvalue weighted by molar-refractivity contribution is -0.133. The number of carboxylic acids is 1. The van der Waals surface area contributed by atoms with Gasteiger partial charge in [0.2, 0.25) is 0 Å². The van der Waals surface area contributed by atoms with E-state index in [9.17, 15) is 9.59 Å². The first-order chi connectivity index (χ1) is 9.06. The fraction of sp³-hybridized carbons (Fsp3) is 0.583. The molecule has 0 spiro atoms. The fourth-order valence-electron chi connectivity index (χ4n) is 2.18. The van der Waals surface area contributed by atoms with Crippen LogP contribution in [0, 0.1) is 0 Å². The molecule has 0 bridgehead atoms. The Kier molecular flexibility index (Phi) is 4.60. The van der Waals surface area contributed by atoms with E-state index in [1.165, 1.54) is 6.07 Å². The number of carbonyl (C=O) groups is 1. The molecule has 0 saturated carbocycles. The first-order valence-electron chi connectivity index (χ1n) is 6.18. The van der Waals surface area contributed by atoms with E-state index < -0.39 is 5.97 Å². The van der Waals surface area contributed by atoms with Crippen molar-refractivity contribution in [1.82, 2.24) is 14.5 Å². The number of hydrogen-bond donors (Lipinski definition) is 1. The maximum absolute atomic E-state index is 11.3. The van der Waals surface area contributed by atoms with Crippen molar-refractivity contribution in [3.05, 3.63) is 22.6 Å². The van der Waals surface area contributed by atoms with Gasteiger partial charge in [-0.05, 0) is 33.0 Å². The summed E-state index contributed by atoms with van der Waals surface area (Å²) in [5.41, 5.74) is -0.322. The van der Waals surface area contributed by atoms with E-state index in [1.54, 1.807) is 6.20 Å². The summed E-state index contributed by atoms with van der Waals surface area (Å²) in [5, 5.41) is 9.24. The quantitative estimate of drug-likeness (QED) is 0.647. The summed E-state index contributed by atoms with van der Waals surface area (Å²) < 4.78 is 1.95. The Morgan fingerprint density at radius 2 is 2.21 bits per heavy atom. The Balaban J connectivity index is 2.18. The molecule has 0 aromatic carbocycles. The van der Waals surface area contributed by atoms with Gasteiger partial charge in [-0.3, -0.25) is 9.59 Å². The maximum Gasteiger partial charge on any atom is 0.313 e. The first kappa shape index (κ1) is 14.1. The van der Waals surface area contributed by atoms with Crippen LogP contribution >= 0.6 is 11.8 Å². The van der Waals surface area contributed by atoms with Gasteiger partial charge in [0.05, 0.1) is 5.75 Å². The van der Waals surface area contributed by atoms with Gasteiger partial charge in [-0.25, -0.2) is 0 Å². The van der Waals surface area contributed by atoms with Crippen LogP contribution in [0.5, 0.6) is 0 Å². The highest BCUT2D eigenvalue weighted by molar-refractivity contribution is 7.99. The molecule has 0 radical (unpaired) electrons. The molecular weight excluding hydrogens is 266 g/mol. The second-order valence-corrected chi connectivity index (χ2v) is 5.61. The summed E-state index contributed by atoms with van der Waals surface area (Å²) in [6.45, 7) is 2.00. The minimum Gasteiger partial charge on any atom is -0.481 e. The lowest BCUT2D eigenvalue weighted by Crippen LogP contribution is -2.32. The van der Waals surface area contributed by atoms with Gasteiger partial charge in [0.25, 0.3) is 5.56 Å². The monoisotopic (exact) mass is 283 g/mol. The summed E-state index contributed by atoms with van der Waals surface area (Å²) in [6.07, 6.45) is 3.71. The SMILES string of the molecule is CN1CCC(n2ccc(=O)nc2SCC(=O)O)CC1. The lowest BCUT2D eigenvalue weighted by atomic mass is 10.1. The number of rotatable bonds is 4. The van der Waals surface area contributed by atoms with Crippen LogP contribution in [0.4, 0.5) is 0 Å². The summed E-state index contributed by atoms with van der Waals surface area (Å²) in [6, 6.07) is 1.73. The number of nitrogens with zero attached hydrogens (tertiary/aromatic N) is 3. The van der Waals surface area contributed by atoms with Crippen LogP contribution in [-0.4, -0.2) is 51.4 Å². The molecule has 0 atom stereocenters. The van der Waals surface area contributed by atoms with Crippen molar-refractivity contribution in [3.8, 4) is 0 Å². The molecule has 2 heterocycles. The van der Waals surface area contributed by atoms with Crippen LogP contribution in [-0.2, 0) is 4.79 Å². The molecule has 19 heavy (non-hydrogen) atoms. The maximum atomic E-state index is 11.3. The number of piperidine rings is 1. The number of aromatic nitrogens is 2. The largest absolute Gasteiger partial charge is 0.481 e. The van der Waals surface area contributed by atoms with E-state index in [0.29, 0.717) is 11.2 Å². The van der Waals surface area contributed by atoms with E-state index >= 15 is 0 Å². The molecule has 1 saturated heterocycles. The van der Waals surface area contributed by atoms with Crippen molar-refractivity contribution >= 4 is 17.7 Å². The lowest BCUT2D eigenvalue weighted by Gasteiger charge is -2.31. The average Bonchev–Trinajstić information content (AvgIpc) is 2.38. The number of thioether (sulfide) groups is 1. The Hall–Kier alpha value is -1.34. The Morgan fingerprint density at radius 1 is 1.53 bits per heavy atom. The highest BCUT2D eigenvalue weighted by Gasteiger charge is 2.20. The van der Waals surface area contributed by atoms with Crippen molar-refractivity contribution in [2.45, 2.75) is 24.0 Å². The normalized spacial score (nSPS) is 17.5. The van der Waals surface area contributed by atoms with E-state index in [0.717, 1.165) is 37.7 Å². The van der Waals surface area contributed by atoms with Crippen molar-refractivity contribution in [2.24, 2.45) is 0 Å². The van der Waals surface area contributed by atoms with Crippen LogP contribution in [0.15, 0.2) is 22.2 Å². The predicted octanol–water partition coefficient (Wildman–Crippen LogP) is 0.687. The third-order valence-corrected chi connectivity index (χ3v) is 4.16. The molecule has 1 aliphatic heterocycles. The van der Waals surface area contributed by atoms with Gasteiger partial charge in [0.1, 0.15) is 0 Å². The van der Waals surface area contributed by atoms with Crippen LogP contribution in [0.1, 0.15) is 18.9 Å². The molecule has 1 fully saturated rings. The van der Waals surface area contributed by atoms with Crippen LogP contribution < -0.4 is 5.56 Å². The minimum atomic E-state index is -0.905. The van der Waals surface area contributed by atoms with Gasteiger partial charge in [-0.2, -0.15) is 4.98 Å². The molecule has 1 N–H and O–H groups in total. The van der Waals surface area contributed by atoms with Crippen molar-refractivity contribution in [1.29, 1.82) is 0 Å². The molecule has 1 aliphatic rings. The smallest absolute Gasteiger partial charge is 0.313 e. The zero-order valence-electron chi connectivity index (χ0n) is 10.8. The minimum absolute atomic E-state index is 0.0803. The summed E-state index contributed by atoms with van der Waals surface area (Å²) in [7, 11) is 2.08. The van der Waals surface area contributed by atoms with Crippen molar-refractivity contribution < 1.29 is 9.90 Å². The summed E-state index contributed by atoms with van der Waals surface area (Å²) in [4.78, 5) is 28.2. The van der Waals surface area contributed by atoms with Gasteiger partial charge in [-0.15, -0.1) is 0 Å². The zero-order valence-corrected chi connectivity index (χ0v) is 11.6. The molecule has 6 nitrogen and oxygen atoms in total. The van der Waals surface area contributed by atoms with E-state index in [4.69, 9.17) is 5.11 Å². The van der Waals surface area contributed by atoms with Gasteiger partial charge in [0.15, 0.2) is 5.16 Å². The molecular formula is C12H17N3O3S. The number of aliphatic carboxylic acids is 1. The summed E-state index contributed by atoms with van der Waals surface area (Å²) in [5.74, 6) is -0.985. The van der Waals surface area contributed by atoms with E-state index in [-0.39, 0.29) is 11.3 Å². The highest BCUT2D eigenvalue weighted by Crippen LogP contribution is 2.25. The van der Waals surface area contributed by atoms with E-state index in [2.05, 4.69) is 16.9 Å². The van der Waals surface area contributed by atoms with Crippen molar-refractivity contribution in [3.63, 3.8) is 0 Å². The molecule has 0 amide bonds. The summed E-state index contributed by atoms with van der Waals surface area (Å²) >= 11 is 1.10. The van der Waals surface area contributed by atoms with Gasteiger partial charge < -0.3 is 14.6 Å². The highest BCUT2D eigenvalue weighted by atomic mass is 32.2. The molecule has 1 aromatic heterocycles.